The zero-order chi connectivity index (χ0) is 8.43. The van der Waals surface area contributed by atoms with Crippen LogP contribution in [0.4, 0.5) is 10.1 Å². The summed E-state index contributed by atoms with van der Waals surface area (Å²) < 4.78 is 12.7. The van der Waals surface area contributed by atoms with Gasteiger partial charge in [0.05, 0.1) is 11.3 Å². The molecule has 0 unspecified atom stereocenters. The molecule has 3 N–H and O–H groups in total. The first-order valence-corrected chi connectivity index (χ1v) is 2.84. The van der Waals surface area contributed by atoms with Gasteiger partial charge in [0.2, 0.25) is 0 Å². The smallest absolute Gasteiger partial charge is 0.184 e. The Hall–Kier alpha value is -1.76. The third-order valence-corrected chi connectivity index (χ3v) is 1.27. The molecule has 0 fully saturated rings. The van der Waals surface area contributed by atoms with Crippen LogP contribution in [0.5, 0.6) is 5.75 Å². The van der Waals surface area contributed by atoms with Gasteiger partial charge in [-0.2, -0.15) is 5.26 Å². The minimum Gasteiger partial charge on any atom is -0.503 e. The summed E-state index contributed by atoms with van der Waals surface area (Å²) in [6, 6.07) is 4.06. The molecule has 0 amide bonds. The van der Waals surface area contributed by atoms with Crippen LogP contribution in [0.25, 0.3) is 0 Å². The van der Waals surface area contributed by atoms with Gasteiger partial charge in [-0.1, -0.05) is 0 Å². The molecule has 11 heavy (non-hydrogen) atoms. The van der Waals surface area contributed by atoms with Crippen molar-refractivity contribution in [1.82, 2.24) is 0 Å². The van der Waals surface area contributed by atoms with Gasteiger partial charge in [0.25, 0.3) is 0 Å². The standard InChI is InChI=1S/C7H5FN2O/c8-6-4(3-9)1-2-5(10)7(6)11/h1-2,11H,10H2. The van der Waals surface area contributed by atoms with Crippen LogP contribution in [0.3, 0.4) is 0 Å². The van der Waals surface area contributed by atoms with Crippen LogP contribution in [0, 0.1) is 17.1 Å². The van der Waals surface area contributed by atoms with Crippen molar-refractivity contribution in [3.05, 3.63) is 23.5 Å². The number of rotatable bonds is 0. The fourth-order valence-corrected chi connectivity index (χ4v) is 0.666. The molecule has 0 atom stereocenters. The number of hydrogen-bond acceptors (Lipinski definition) is 3. The van der Waals surface area contributed by atoms with E-state index in [1.165, 1.54) is 12.1 Å². The SMILES string of the molecule is N#Cc1ccc(N)c(O)c1F. The molecule has 0 saturated carbocycles. The molecule has 1 aromatic carbocycles. The van der Waals surface area contributed by atoms with Crippen LogP contribution in [-0.4, -0.2) is 5.11 Å². The van der Waals surface area contributed by atoms with Gasteiger partial charge < -0.3 is 10.8 Å². The van der Waals surface area contributed by atoms with E-state index in [0.29, 0.717) is 0 Å². The van der Waals surface area contributed by atoms with E-state index in [1.54, 1.807) is 6.07 Å². The highest BCUT2D eigenvalue weighted by Gasteiger charge is 2.08. The maximum absolute atomic E-state index is 12.7. The summed E-state index contributed by atoms with van der Waals surface area (Å²) in [5.74, 6) is -1.63. The van der Waals surface area contributed by atoms with Crippen LogP contribution < -0.4 is 5.73 Å². The summed E-state index contributed by atoms with van der Waals surface area (Å²) in [7, 11) is 0. The molecular weight excluding hydrogens is 147 g/mol. The van der Waals surface area contributed by atoms with Gasteiger partial charge in [-0.3, -0.25) is 0 Å². The highest BCUT2D eigenvalue weighted by Crippen LogP contribution is 2.25. The van der Waals surface area contributed by atoms with E-state index >= 15 is 0 Å². The lowest BCUT2D eigenvalue weighted by atomic mass is 10.2. The monoisotopic (exact) mass is 152 g/mol. The molecule has 0 bridgehead atoms. The third-order valence-electron chi connectivity index (χ3n) is 1.27. The van der Waals surface area contributed by atoms with E-state index in [4.69, 9.17) is 16.1 Å². The molecule has 0 spiro atoms. The van der Waals surface area contributed by atoms with Crippen molar-refractivity contribution < 1.29 is 9.50 Å². The molecule has 3 nitrogen and oxygen atoms in total. The zero-order valence-corrected chi connectivity index (χ0v) is 5.50. The number of nitrogens with zero attached hydrogens (tertiary/aromatic N) is 1. The fourth-order valence-electron chi connectivity index (χ4n) is 0.666. The van der Waals surface area contributed by atoms with Crippen LogP contribution in [0.1, 0.15) is 5.56 Å². The molecule has 0 aliphatic heterocycles. The second kappa shape index (κ2) is 2.46. The number of hydrogen-bond donors (Lipinski definition) is 2. The number of aromatic hydroxyl groups is 1. The molecule has 0 saturated heterocycles. The van der Waals surface area contributed by atoms with E-state index in [9.17, 15) is 4.39 Å². The summed E-state index contributed by atoms with van der Waals surface area (Å²) in [4.78, 5) is 0. The lowest BCUT2D eigenvalue weighted by Crippen LogP contribution is -1.90. The van der Waals surface area contributed by atoms with E-state index in [-0.39, 0.29) is 11.3 Å². The fraction of sp³-hybridized carbons (Fsp3) is 0. The second-order valence-electron chi connectivity index (χ2n) is 1.98. The molecular formula is C7H5FN2O. The highest BCUT2D eigenvalue weighted by atomic mass is 19.1. The number of anilines is 1. The molecule has 0 aliphatic carbocycles. The summed E-state index contributed by atoms with van der Waals surface area (Å²) >= 11 is 0. The lowest BCUT2D eigenvalue weighted by Gasteiger charge is -1.99. The molecule has 0 heterocycles. The molecule has 0 aromatic heterocycles. The van der Waals surface area contributed by atoms with Gasteiger partial charge in [0, 0.05) is 0 Å². The quantitative estimate of drug-likeness (QED) is 0.430. The van der Waals surface area contributed by atoms with Crippen molar-refractivity contribution in [2.45, 2.75) is 0 Å². The summed E-state index contributed by atoms with van der Waals surface area (Å²) in [5, 5.41) is 17.2. The average Bonchev–Trinajstić information content (AvgIpc) is 2.01. The summed E-state index contributed by atoms with van der Waals surface area (Å²) in [5.41, 5.74) is 4.87. The molecule has 56 valence electrons. The van der Waals surface area contributed by atoms with Crippen molar-refractivity contribution in [3.63, 3.8) is 0 Å². The number of nitriles is 1. The lowest BCUT2D eigenvalue weighted by molar-refractivity contribution is 0.434. The topological polar surface area (TPSA) is 70.0 Å². The van der Waals surface area contributed by atoms with E-state index in [0.717, 1.165) is 0 Å². The Morgan fingerprint density at radius 1 is 1.55 bits per heavy atom. The van der Waals surface area contributed by atoms with Gasteiger partial charge >= 0.3 is 0 Å². The second-order valence-corrected chi connectivity index (χ2v) is 1.98. The number of nitrogens with two attached hydrogens (primary N) is 1. The highest BCUT2D eigenvalue weighted by molar-refractivity contribution is 5.56. The predicted molar refractivity (Wildman–Crippen MR) is 37.2 cm³/mol. The van der Waals surface area contributed by atoms with Gasteiger partial charge in [-0.05, 0) is 12.1 Å². The third kappa shape index (κ3) is 1.08. The van der Waals surface area contributed by atoms with Crippen molar-refractivity contribution in [3.8, 4) is 11.8 Å². The number of phenolic OH excluding ortho intramolecular Hbond substituents is 1. The maximum atomic E-state index is 12.7. The molecule has 1 rings (SSSR count). The van der Waals surface area contributed by atoms with E-state index in [2.05, 4.69) is 0 Å². The zero-order valence-electron chi connectivity index (χ0n) is 5.50. The van der Waals surface area contributed by atoms with Crippen molar-refractivity contribution in [2.75, 3.05) is 5.73 Å². The molecule has 1 aromatic rings. The first kappa shape index (κ1) is 7.35. The largest absolute Gasteiger partial charge is 0.503 e. The van der Waals surface area contributed by atoms with Gasteiger partial charge in [-0.15, -0.1) is 0 Å². The minimum atomic E-state index is -0.965. The van der Waals surface area contributed by atoms with Crippen molar-refractivity contribution in [1.29, 1.82) is 5.26 Å². The van der Waals surface area contributed by atoms with Gasteiger partial charge in [0.15, 0.2) is 11.6 Å². The Morgan fingerprint density at radius 2 is 2.18 bits per heavy atom. The number of nitrogen functional groups attached to an aromatic ring is 1. The number of benzene rings is 1. The molecule has 4 heteroatoms. The number of phenols is 1. The van der Waals surface area contributed by atoms with Crippen LogP contribution >= 0.6 is 0 Å². The summed E-state index contributed by atoms with van der Waals surface area (Å²) in [6.07, 6.45) is 0. The van der Waals surface area contributed by atoms with E-state index in [1.807, 2.05) is 0 Å². The summed E-state index contributed by atoms with van der Waals surface area (Å²) in [6.45, 7) is 0. The van der Waals surface area contributed by atoms with Crippen LogP contribution in [0.2, 0.25) is 0 Å². The Kier molecular flexibility index (Phi) is 1.65. The average molecular weight is 152 g/mol. The van der Waals surface area contributed by atoms with Gasteiger partial charge in [-0.25, -0.2) is 4.39 Å². The van der Waals surface area contributed by atoms with Crippen LogP contribution in [0.15, 0.2) is 12.1 Å². The normalized spacial score (nSPS) is 9.09. The van der Waals surface area contributed by atoms with Gasteiger partial charge in [0.1, 0.15) is 6.07 Å². The first-order chi connectivity index (χ1) is 5.16. The van der Waals surface area contributed by atoms with E-state index < -0.39 is 11.6 Å². The maximum Gasteiger partial charge on any atom is 0.184 e. The Labute approximate surface area is 62.5 Å². The minimum absolute atomic E-state index is 0.0681. The van der Waals surface area contributed by atoms with Crippen molar-refractivity contribution >= 4 is 5.69 Å². The first-order valence-electron chi connectivity index (χ1n) is 2.84. The Balaban J connectivity index is 3.40. The predicted octanol–water partition coefficient (Wildman–Crippen LogP) is 0.985. The van der Waals surface area contributed by atoms with Crippen LogP contribution in [-0.2, 0) is 0 Å². The molecule has 0 aliphatic rings. The Bertz CT molecular complexity index is 330. The Morgan fingerprint density at radius 3 is 2.73 bits per heavy atom. The number of halogens is 1. The van der Waals surface area contributed by atoms with Crippen molar-refractivity contribution in [2.24, 2.45) is 0 Å². The molecule has 0 radical (unpaired) electrons.